The van der Waals surface area contributed by atoms with Crippen LogP contribution in [0.25, 0.3) is 0 Å². The lowest BCUT2D eigenvalue weighted by molar-refractivity contribution is -0.363. The maximum atomic E-state index is 13.2. The Bertz CT molecular complexity index is 1680. The third-order valence-corrected chi connectivity index (χ3v) is 16.9. The number of carbonyl (C=O) groups is 2. The number of hydrogen-bond acceptors (Lipinski definition) is 15. The Hall–Kier alpha value is -2.02. The average molecular weight is 863 g/mol. The van der Waals surface area contributed by atoms with Crippen LogP contribution in [0, 0.1) is 46.3 Å². The monoisotopic (exact) mass is 862 g/mol. The third-order valence-electron chi connectivity index (χ3n) is 16.9. The summed E-state index contributed by atoms with van der Waals surface area (Å²) in [6, 6.07) is 0. The fraction of sp³-hybridized carbons (Fsp3) is 0.870. The standard InChI is InChI=1S/C46H70O15/c1-9-22(3)35(49)41(53)58-32-20-54-43(40(39(32)57-25(6)47)60-42-38(52)37(51)36(50)24(5)56-42)59-33-17-27(48)16-26-10-11-28-29(45(26,33)8)13-14-44(7)30(28)18-31-34(44)23(4)46(61-31)15-12-21(2)19-55-46/h10,22-24,27-40,42-43,48-52H,2,9,11-20H2,1,3-8H3. The molecule has 8 aliphatic rings. The zero-order valence-electron chi connectivity index (χ0n) is 36.9. The van der Waals surface area contributed by atoms with Gasteiger partial charge in [0.25, 0.3) is 0 Å². The smallest absolute Gasteiger partial charge is 0.335 e. The van der Waals surface area contributed by atoms with E-state index >= 15 is 0 Å². The summed E-state index contributed by atoms with van der Waals surface area (Å²) in [6.07, 6.45) is -6.15. The maximum Gasteiger partial charge on any atom is 0.335 e. The fourth-order valence-electron chi connectivity index (χ4n) is 13.3. The highest BCUT2D eigenvalue weighted by Gasteiger charge is 2.69. The molecule has 4 saturated heterocycles. The Morgan fingerprint density at radius 3 is 2.43 bits per heavy atom. The Morgan fingerprint density at radius 1 is 0.984 bits per heavy atom. The highest BCUT2D eigenvalue weighted by molar-refractivity contribution is 5.75. The lowest BCUT2D eigenvalue weighted by atomic mass is 9.46. The molecule has 0 aromatic carbocycles. The molecule has 0 aromatic heterocycles. The van der Waals surface area contributed by atoms with Gasteiger partial charge in [-0.2, -0.15) is 0 Å². The molecule has 5 N–H and O–H groups in total. The summed E-state index contributed by atoms with van der Waals surface area (Å²) in [7, 11) is 0. The van der Waals surface area contributed by atoms with Crippen molar-refractivity contribution in [2.75, 3.05) is 13.2 Å². The van der Waals surface area contributed by atoms with Crippen LogP contribution in [-0.2, 0) is 47.5 Å². The summed E-state index contributed by atoms with van der Waals surface area (Å²) in [4.78, 5) is 26.0. The molecular formula is C46H70O15. The van der Waals surface area contributed by atoms with E-state index in [4.69, 9.17) is 37.9 Å². The summed E-state index contributed by atoms with van der Waals surface area (Å²) in [6.45, 7) is 17.7. The van der Waals surface area contributed by atoms with Crippen LogP contribution in [0.4, 0.5) is 0 Å². The van der Waals surface area contributed by atoms with Gasteiger partial charge in [-0.25, -0.2) is 4.79 Å². The van der Waals surface area contributed by atoms with E-state index in [2.05, 4.69) is 33.4 Å². The predicted octanol–water partition coefficient (Wildman–Crippen LogP) is 3.45. The van der Waals surface area contributed by atoms with E-state index in [1.165, 1.54) is 13.8 Å². The highest BCUT2D eigenvalue weighted by Crippen LogP contribution is 2.71. The van der Waals surface area contributed by atoms with Crippen LogP contribution >= 0.6 is 0 Å². The van der Waals surface area contributed by atoms with Crippen molar-refractivity contribution >= 4 is 11.9 Å². The average Bonchev–Trinajstić information content (AvgIpc) is 3.67. The van der Waals surface area contributed by atoms with Gasteiger partial charge in [-0.3, -0.25) is 4.79 Å². The van der Waals surface area contributed by atoms with Crippen LogP contribution in [0.1, 0.15) is 106 Å². The van der Waals surface area contributed by atoms with Crippen molar-refractivity contribution in [2.24, 2.45) is 46.3 Å². The van der Waals surface area contributed by atoms with Crippen LogP contribution in [0.2, 0.25) is 0 Å². The first-order valence-electron chi connectivity index (χ1n) is 22.9. The SMILES string of the molecule is C=C1CCC2(OC1)OC1CC3C4CC=C5CC(O)CC(OC6OCC(OC(=O)C(O)C(C)CC)C(OC(C)=O)C6OC6OC(C)C(O)C(O)C6O)C5(C)C4CCC3(C)C1C2C. The summed E-state index contributed by atoms with van der Waals surface area (Å²) >= 11 is 0. The van der Waals surface area contributed by atoms with E-state index < -0.39 is 103 Å². The second-order valence-electron chi connectivity index (χ2n) is 20.3. The molecule has 22 unspecified atom stereocenters. The van der Waals surface area contributed by atoms with Crippen LogP contribution in [0.3, 0.4) is 0 Å². The van der Waals surface area contributed by atoms with Crippen molar-refractivity contribution in [3.63, 3.8) is 0 Å². The number of allylic oxidation sites excluding steroid dienone is 1. The molecule has 4 heterocycles. The van der Waals surface area contributed by atoms with E-state index in [9.17, 15) is 35.1 Å². The molecular weight excluding hydrogens is 792 g/mol. The molecule has 1 spiro atoms. The molecule has 22 atom stereocenters. The van der Waals surface area contributed by atoms with Gasteiger partial charge < -0.3 is 63.4 Å². The van der Waals surface area contributed by atoms with Gasteiger partial charge in [-0.05, 0) is 80.5 Å². The molecule has 0 amide bonds. The van der Waals surface area contributed by atoms with E-state index in [-0.39, 0.29) is 36.4 Å². The molecule has 15 heteroatoms. The van der Waals surface area contributed by atoms with Crippen molar-refractivity contribution in [3.8, 4) is 0 Å². The van der Waals surface area contributed by atoms with Gasteiger partial charge in [0, 0.05) is 31.1 Å². The summed E-state index contributed by atoms with van der Waals surface area (Å²) in [5, 5.41) is 54.4. The number of fused-ring (bicyclic) bond motifs is 7. The molecule has 3 saturated carbocycles. The zero-order valence-corrected chi connectivity index (χ0v) is 36.9. The van der Waals surface area contributed by atoms with Gasteiger partial charge >= 0.3 is 11.9 Å². The van der Waals surface area contributed by atoms with E-state index in [0.29, 0.717) is 37.2 Å². The lowest BCUT2D eigenvalue weighted by Crippen LogP contribution is -2.64. The number of aliphatic hydroxyl groups is 5. The fourth-order valence-corrected chi connectivity index (χ4v) is 13.3. The molecule has 8 rings (SSSR count). The highest BCUT2D eigenvalue weighted by atomic mass is 16.8. The minimum atomic E-state index is -1.73. The minimum absolute atomic E-state index is 0.0481. The van der Waals surface area contributed by atoms with Gasteiger partial charge in [0.1, 0.15) is 18.3 Å². The lowest BCUT2D eigenvalue weighted by Gasteiger charge is -2.60. The summed E-state index contributed by atoms with van der Waals surface area (Å²) in [5.74, 6) is -1.12. The molecule has 4 aliphatic carbocycles. The van der Waals surface area contributed by atoms with Crippen molar-refractivity contribution in [1.29, 1.82) is 0 Å². The number of carbonyl (C=O) groups excluding carboxylic acids is 2. The van der Waals surface area contributed by atoms with Crippen molar-refractivity contribution in [1.82, 2.24) is 0 Å². The normalized spacial score (nSPS) is 50.4. The Labute approximate surface area is 359 Å². The first-order valence-corrected chi connectivity index (χ1v) is 22.9. The van der Waals surface area contributed by atoms with Crippen molar-refractivity contribution in [3.05, 3.63) is 23.8 Å². The first-order chi connectivity index (χ1) is 28.8. The molecule has 7 fully saturated rings. The summed E-state index contributed by atoms with van der Waals surface area (Å²) < 4.78 is 50.7. The van der Waals surface area contributed by atoms with E-state index in [1.54, 1.807) is 6.92 Å². The van der Waals surface area contributed by atoms with E-state index in [0.717, 1.165) is 49.7 Å². The Morgan fingerprint density at radius 2 is 1.74 bits per heavy atom. The molecule has 0 aromatic rings. The number of ether oxygens (including phenoxy) is 8. The van der Waals surface area contributed by atoms with E-state index in [1.807, 2.05) is 6.92 Å². The zero-order chi connectivity index (χ0) is 43.9. The Balaban J connectivity index is 1.08. The molecule has 4 aliphatic heterocycles. The second-order valence-corrected chi connectivity index (χ2v) is 20.3. The van der Waals surface area contributed by atoms with Crippen molar-refractivity contribution in [2.45, 2.75) is 192 Å². The molecule has 61 heavy (non-hydrogen) atoms. The largest absolute Gasteiger partial charge is 0.455 e. The maximum absolute atomic E-state index is 13.2. The van der Waals surface area contributed by atoms with Gasteiger partial charge in [-0.1, -0.05) is 64.8 Å². The van der Waals surface area contributed by atoms with Gasteiger partial charge in [-0.15, -0.1) is 0 Å². The Kier molecular flexibility index (Phi) is 12.8. The number of rotatable bonds is 9. The first kappa shape index (κ1) is 45.5. The topological polar surface area (TPSA) is 209 Å². The number of aliphatic hydroxyl groups excluding tert-OH is 5. The van der Waals surface area contributed by atoms with Gasteiger partial charge in [0.2, 0.25) is 0 Å². The van der Waals surface area contributed by atoms with Crippen molar-refractivity contribution < 1.29 is 73.0 Å². The number of esters is 2. The minimum Gasteiger partial charge on any atom is -0.455 e. The predicted molar refractivity (Wildman–Crippen MR) is 216 cm³/mol. The molecule has 15 nitrogen and oxygen atoms in total. The van der Waals surface area contributed by atoms with Crippen LogP contribution in [0.5, 0.6) is 0 Å². The molecule has 344 valence electrons. The molecule has 0 bridgehead atoms. The third kappa shape index (κ3) is 7.76. The molecule has 0 radical (unpaired) electrons. The number of hydrogen-bond donors (Lipinski definition) is 5. The van der Waals surface area contributed by atoms with Crippen LogP contribution in [0.15, 0.2) is 23.8 Å². The van der Waals surface area contributed by atoms with Gasteiger partial charge in [0.05, 0.1) is 37.6 Å². The second kappa shape index (κ2) is 17.1. The van der Waals surface area contributed by atoms with Crippen LogP contribution < -0.4 is 0 Å². The summed E-state index contributed by atoms with van der Waals surface area (Å²) in [5.41, 5.74) is 1.76. The van der Waals surface area contributed by atoms with Crippen LogP contribution in [-0.4, -0.2) is 136 Å². The quantitative estimate of drug-likeness (QED) is 0.166. The van der Waals surface area contributed by atoms with Gasteiger partial charge in [0.15, 0.2) is 42.8 Å².